The second-order valence-electron chi connectivity index (χ2n) is 6.50. The number of nitrogens with zero attached hydrogens (tertiary/aromatic N) is 2. The molecule has 0 aliphatic heterocycles. The van der Waals surface area contributed by atoms with E-state index < -0.39 is 0 Å². The summed E-state index contributed by atoms with van der Waals surface area (Å²) in [6.07, 6.45) is 2.14. The predicted molar refractivity (Wildman–Crippen MR) is 114 cm³/mol. The highest BCUT2D eigenvalue weighted by molar-refractivity contribution is 8.00. The lowest BCUT2D eigenvalue weighted by Crippen LogP contribution is -3.00. The van der Waals surface area contributed by atoms with Crippen molar-refractivity contribution in [2.45, 2.75) is 44.9 Å². The molecular formula is C19H23IN2S4. The summed E-state index contributed by atoms with van der Waals surface area (Å²) in [4.78, 5) is 0. The maximum Gasteiger partial charge on any atom is 0.303 e. The molecule has 0 unspecified atom stereocenters. The third-order valence-electron chi connectivity index (χ3n) is 4.43. The molecule has 2 nitrogen and oxygen atoms in total. The molecule has 26 heavy (non-hydrogen) atoms. The van der Waals surface area contributed by atoms with Gasteiger partial charge in [0.2, 0.25) is 5.69 Å². The standard InChI is InChI=1S/C19H23N2S4.HI/c1-11(2)15-7-16(20-12(3)9-24-18(20)22)14(5)17(8-15)21-13(4)10-25-19(21)23-6;/h7-11H,1-6H3;1H/q+1;/p-1. The Morgan fingerprint density at radius 3 is 2.35 bits per heavy atom. The number of thiazole rings is 2. The monoisotopic (exact) mass is 534 g/mol. The van der Waals surface area contributed by atoms with Gasteiger partial charge in [-0.05, 0) is 61.6 Å². The van der Waals surface area contributed by atoms with Crippen LogP contribution in [0, 0.1) is 24.7 Å². The summed E-state index contributed by atoms with van der Waals surface area (Å²) < 4.78 is 6.81. The molecule has 0 aliphatic carbocycles. The van der Waals surface area contributed by atoms with Crippen LogP contribution in [0.4, 0.5) is 0 Å². The van der Waals surface area contributed by atoms with E-state index in [1.807, 2.05) is 0 Å². The van der Waals surface area contributed by atoms with Crippen molar-refractivity contribution in [1.29, 1.82) is 0 Å². The minimum atomic E-state index is 0. The molecule has 2 heterocycles. The summed E-state index contributed by atoms with van der Waals surface area (Å²) in [5.74, 6) is 0.462. The topological polar surface area (TPSA) is 8.81 Å². The van der Waals surface area contributed by atoms with Crippen molar-refractivity contribution < 1.29 is 28.5 Å². The van der Waals surface area contributed by atoms with Gasteiger partial charge in [0, 0.05) is 29.6 Å². The first-order valence-electron chi connectivity index (χ1n) is 8.21. The van der Waals surface area contributed by atoms with Gasteiger partial charge in [-0.15, -0.1) is 15.9 Å². The average Bonchev–Trinajstić information content (AvgIpc) is 3.10. The van der Waals surface area contributed by atoms with Crippen LogP contribution in [0.5, 0.6) is 0 Å². The van der Waals surface area contributed by atoms with E-state index >= 15 is 0 Å². The number of rotatable bonds is 4. The van der Waals surface area contributed by atoms with Gasteiger partial charge in [-0.2, -0.15) is 0 Å². The summed E-state index contributed by atoms with van der Waals surface area (Å²) in [5, 5.41) is 4.37. The average molecular weight is 535 g/mol. The Labute approximate surface area is 190 Å². The molecule has 3 aromatic rings. The van der Waals surface area contributed by atoms with Crippen LogP contribution in [0.3, 0.4) is 0 Å². The normalized spacial score (nSPS) is 11.0. The van der Waals surface area contributed by atoms with Crippen molar-refractivity contribution in [3.05, 3.63) is 49.4 Å². The van der Waals surface area contributed by atoms with Gasteiger partial charge in [-0.3, -0.25) is 4.57 Å². The molecule has 0 aliphatic rings. The van der Waals surface area contributed by atoms with Gasteiger partial charge in [0.25, 0.3) is 0 Å². The van der Waals surface area contributed by atoms with Crippen LogP contribution in [-0.4, -0.2) is 10.8 Å². The van der Waals surface area contributed by atoms with Gasteiger partial charge in [0.05, 0.1) is 11.1 Å². The molecule has 140 valence electrons. The molecule has 0 saturated heterocycles. The summed E-state index contributed by atoms with van der Waals surface area (Å²) in [5.41, 5.74) is 7.54. The second-order valence-corrected chi connectivity index (χ2v) is 9.91. The summed E-state index contributed by atoms with van der Waals surface area (Å²) in [6, 6.07) is 4.65. The minimum absolute atomic E-state index is 0. The lowest BCUT2D eigenvalue weighted by molar-refractivity contribution is -0.635. The molecule has 1 aromatic carbocycles. The number of aryl methyl sites for hydroxylation is 2. The Morgan fingerprint density at radius 2 is 1.81 bits per heavy atom. The highest BCUT2D eigenvalue weighted by atomic mass is 127. The lowest BCUT2D eigenvalue weighted by atomic mass is 9.98. The van der Waals surface area contributed by atoms with Crippen LogP contribution in [0.2, 0.25) is 0 Å². The Morgan fingerprint density at radius 1 is 1.12 bits per heavy atom. The molecule has 0 radical (unpaired) electrons. The lowest BCUT2D eigenvalue weighted by Gasteiger charge is -2.15. The number of hydrogen-bond acceptors (Lipinski definition) is 4. The maximum atomic E-state index is 5.61. The third-order valence-corrected chi connectivity index (χ3v) is 7.91. The van der Waals surface area contributed by atoms with Crippen molar-refractivity contribution in [1.82, 2.24) is 4.57 Å². The van der Waals surface area contributed by atoms with E-state index in [4.69, 9.17) is 12.2 Å². The van der Waals surface area contributed by atoms with Crippen molar-refractivity contribution in [2.75, 3.05) is 6.26 Å². The first kappa shape index (κ1) is 22.1. The van der Waals surface area contributed by atoms with E-state index in [0.29, 0.717) is 5.92 Å². The van der Waals surface area contributed by atoms with E-state index in [1.54, 1.807) is 34.4 Å². The van der Waals surface area contributed by atoms with Crippen molar-refractivity contribution in [2.24, 2.45) is 0 Å². The molecule has 2 aromatic heterocycles. The molecular weight excluding hydrogens is 511 g/mol. The van der Waals surface area contributed by atoms with E-state index in [-0.39, 0.29) is 24.0 Å². The second kappa shape index (κ2) is 8.86. The molecule has 0 N–H and O–H groups in total. The Kier molecular flexibility index (Phi) is 7.52. The molecule has 0 spiro atoms. The summed E-state index contributed by atoms with van der Waals surface area (Å²) >= 11 is 10.8. The van der Waals surface area contributed by atoms with Crippen LogP contribution in [0.15, 0.2) is 27.2 Å². The third kappa shape index (κ3) is 3.97. The minimum Gasteiger partial charge on any atom is -1.00 e. The number of halogens is 1. The van der Waals surface area contributed by atoms with Crippen LogP contribution in [0.25, 0.3) is 11.4 Å². The molecule has 0 amide bonds. The van der Waals surface area contributed by atoms with Gasteiger partial charge >= 0.3 is 4.34 Å². The molecule has 7 heteroatoms. The smallest absolute Gasteiger partial charge is 0.303 e. The molecule has 0 fully saturated rings. The largest absolute Gasteiger partial charge is 1.00 e. The summed E-state index contributed by atoms with van der Waals surface area (Å²) in [6.45, 7) is 11.0. The molecule has 3 rings (SSSR count). The highest BCUT2D eigenvalue weighted by Crippen LogP contribution is 2.30. The van der Waals surface area contributed by atoms with E-state index in [1.165, 1.54) is 38.2 Å². The molecule has 0 bridgehead atoms. The maximum absolute atomic E-state index is 5.61. The fourth-order valence-electron chi connectivity index (χ4n) is 2.99. The van der Waals surface area contributed by atoms with Crippen molar-refractivity contribution >= 4 is 46.7 Å². The molecule has 0 saturated carbocycles. The van der Waals surface area contributed by atoms with Crippen molar-refractivity contribution in [3.8, 4) is 11.4 Å². The Bertz CT molecular complexity index is 982. The summed E-state index contributed by atoms with van der Waals surface area (Å²) in [7, 11) is 0. The number of thioether (sulfide) groups is 1. The van der Waals surface area contributed by atoms with Gasteiger partial charge in [0.1, 0.15) is 0 Å². The quantitative estimate of drug-likeness (QED) is 0.220. The van der Waals surface area contributed by atoms with Crippen LogP contribution >= 0.6 is 46.7 Å². The van der Waals surface area contributed by atoms with Crippen LogP contribution in [0.1, 0.15) is 42.3 Å². The number of benzene rings is 1. The fourth-order valence-corrected chi connectivity index (χ4v) is 5.78. The zero-order chi connectivity index (χ0) is 18.3. The van der Waals surface area contributed by atoms with Gasteiger partial charge in [-0.25, -0.2) is 0 Å². The van der Waals surface area contributed by atoms with Gasteiger partial charge < -0.3 is 24.0 Å². The SMILES string of the molecule is CSc1scc(C)[n+]1-c1cc(C(C)C)cc(-n2c(C)csc2=S)c1C.[I-]. The van der Waals surface area contributed by atoms with Gasteiger partial charge in [0.15, 0.2) is 9.65 Å². The predicted octanol–water partition coefficient (Wildman–Crippen LogP) is 3.38. The molecule has 0 atom stereocenters. The Hall–Kier alpha value is -0.220. The van der Waals surface area contributed by atoms with Crippen LogP contribution in [-0.2, 0) is 0 Å². The first-order chi connectivity index (χ1) is 11.8. The zero-order valence-corrected chi connectivity index (χ0v) is 21.2. The van der Waals surface area contributed by atoms with E-state index in [0.717, 1.165) is 3.95 Å². The Balaban J connectivity index is 0.00000243. The fraction of sp³-hybridized carbons (Fsp3) is 0.368. The van der Waals surface area contributed by atoms with Crippen LogP contribution < -0.4 is 28.5 Å². The highest BCUT2D eigenvalue weighted by Gasteiger charge is 2.25. The van der Waals surface area contributed by atoms with E-state index in [2.05, 4.69) is 72.9 Å². The number of aromatic nitrogens is 2. The zero-order valence-electron chi connectivity index (χ0n) is 15.8. The number of hydrogen-bond donors (Lipinski definition) is 0. The first-order valence-corrected chi connectivity index (χ1v) is 11.6. The van der Waals surface area contributed by atoms with E-state index in [9.17, 15) is 0 Å². The van der Waals surface area contributed by atoms with Gasteiger partial charge in [-0.1, -0.05) is 25.2 Å². The van der Waals surface area contributed by atoms with Crippen molar-refractivity contribution in [3.63, 3.8) is 0 Å².